The lowest BCUT2D eigenvalue weighted by molar-refractivity contribution is 0.103. The van der Waals surface area contributed by atoms with E-state index in [9.17, 15) is 4.79 Å². The maximum Gasteiger partial charge on any atom is 0.267 e. The number of thiazole rings is 1. The molecule has 0 saturated carbocycles. The first kappa shape index (κ1) is 16.7. The molecule has 1 aromatic heterocycles. The number of aryl methyl sites for hydroxylation is 2. The van der Waals surface area contributed by atoms with Gasteiger partial charge in [-0.3, -0.25) is 4.79 Å². The summed E-state index contributed by atoms with van der Waals surface area (Å²) < 4.78 is 0.983. The Morgan fingerprint density at radius 2 is 1.83 bits per heavy atom. The van der Waals surface area contributed by atoms with Gasteiger partial charge in [-0.05, 0) is 43.2 Å². The number of halogens is 1. The van der Waals surface area contributed by atoms with Crippen molar-refractivity contribution in [3.63, 3.8) is 0 Å². The molecule has 1 amide bonds. The lowest BCUT2D eigenvalue weighted by Gasteiger charge is -2.10. The molecule has 24 heavy (non-hydrogen) atoms. The monoisotopic (exact) mass is 401 g/mol. The lowest BCUT2D eigenvalue weighted by Crippen LogP contribution is -2.12. The van der Waals surface area contributed by atoms with Crippen molar-refractivity contribution in [1.82, 2.24) is 4.98 Å². The number of aromatic nitrogens is 1. The summed E-state index contributed by atoms with van der Waals surface area (Å²) in [5.74, 6) is -0.146. The van der Waals surface area contributed by atoms with Crippen molar-refractivity contribution < 1.29 is 4.79 Å². The van der Waals surface area contributed by atoms with Crippen molar-refractivity contribution in [3.8, 4) is 0 Å². The van der Waals surface area contributed by atoms with Gasteiger partial charge < -0.3 is 10.6 Å². The third-order valence-corrected chi connectivity index (χ3v) is 4.93. The number of hydrogen-bond acceptors (Lipinski definition) is 4. The fourth-order valence-corrected chi connectivity index (χ4v) is 3.44. The van der Waals surface area contributed by atoms with E-state index in [-0.39, 0.29) is 5.91 Å². The summed E-state index contributed by atoms with van der Waals surface area (Å²) in [6, 6.07) is 13.7. The average molecular weight is 402 g/mol. The van der Waals surface area contributed by atoms with Gasteiger partial charge in [-0.25, -0.2) is 4.98 Å². The minimum atomic E-state index is -0.146. The van der Waals surface area contributed by atoms with E-state index in [2.05, 4.69) is 31.5 Å². The molecule has 0 fully saturated rings. The molecule has 0 spiro atoms. The predicted octanol–water partition coefficient (Wildman–Crippen LogP) is 5.52. The van der Waals surface area contributed by atoms with Gasteiger partial charge >= 0.3 is 0 Å². The molecule has 4 nitrogen and oxygen atoms in total. The first-order valence-corrected chi connectivity index (χ1v) is 9.00. The van der Waals surface area contributed by atoms with Gasteiger partial charge in [0.15, 0.2) is 5.13 Å². The Morgan fingerprint density at radius 3 is 2.54 bits per heavy atom. The second kappa shape index (κ2) is 7.15. The van der Waals surface area contributed by atoms with E-state index < -0.39 is 0 Å². The maximum absolute atomic E-state index is 12.5. The number of carbonyl (C=O) groups is 1. The fourth-order valence-electron chi connectivity index (χ4n) is 2.31. The zero-order valence-corrected chi connectivity index (χ0v) is 15.7. The van der Waals surface area contributed by atoms with Gasteiger partial charge in [-0.2, -0.15) is 0 Å². The highest BCUT2D eigenvalue weighted by Gasteiger charge is 2.13. The number of rotatable bonds is 4. The highest BCUT2D eigenvalue weighted by Crippen LogP contribution is 2.26. The smallest absolute Gasteiger partial charge is 0.267 e. The van der Waals surface area contributed by atoms with Crippen molar-refractivity contribution in [1.29, 1.82) is 0 Å². The van der Waals surface area contributed by atoms with Crippen LogP contribution in [0, 0.1) is 13.8 Å². The molecule has 122 valence electrons. The van der Waals surface area contributed by atoms with Gasteiger partial charge in [0, 0.05) is 15.8 Å². The van der Waals surface area contributed by atoms with Crippen LogP contribution in [-0.4, -0.2) is 10.9 Å². The molecule has 0 unspecified atom stereocenters. The molecule has 0 saturated heterocycles. The summed E-state index contributed by atoms with van der Waals surface area (Å²) in [6.07, 6.45) is 1.59. The van der Waals surface area contributed by atoms with Crippen LogP contribution in [0.3, 0.4) is 0 Å². The topological polar surface area (TPSA) is 54.0 Å². The molecule has 0 aliphatic carbocycles. The molecule has 0 aliphatic heterocycles. The molecule has 0 radical (unpaired) electrons. The number of amides is 1. The van der Waals surface area contributed by atoms with E-state index in [1.165, 1.54) is 11.3 Å². The zero-order valence-electron chi connectivity index (χ0n) is 13.3. The molecule has 6 heteroatoms. The van der Waals surface area contributed by atoms with Gasteiger partial charge in [0.1, 0.15) is 4.88 Å². The Bertz CT molecular complexity index is 871. The number of hydrogen-bond donors (Lipinski definition) is 2. The fraction of sp³-hybridized carbons (Fsp3) is 0.111. The molecule has 0 aliphatic rings. The molecular weight excluding hydrogens is 386 g/mol. The Kier molecular flexibility index (Phi) is 4.97. The molecule has 3 aromatic rings. The average Bonchev–Trinajstić information content (AvgIpc) is 2.99. The third-order valence-electron chi connectivity index (χ3n) is 3.53. The van der Waals surface area contributed by atoms with Crippen LogP contribution in [0.2, 0.25) is 0 Å². The first-order valence-electron chi connectivity index (χ1n) is 7.39. The largest absolute Gasteiger partial charge is 0.331 e. The van der Waals surface area contributed by atoms with Crippen LogP contribution in [0.15, 0.2) is 53.1 Å². The van der Waals surface area contributed by atoms with Crippen LogP contribution < -0.4 is 10.6 Å². The Morgan fingerprint density at radius 1 is 1.12 bits per heavy atom. The number of nitrogens with one attached hydrogen (secondary N) is 2. The van der Waals surface area contributed by atoms with E-state index in [0.717, 1.165) is 27.0 Å². The standard InChI is InChI=1S/C18H16BrN3OS/c1-11-5-3-6-12(2)16(11)22-17(23)15-10-20-18(24-15)21-14-8-4-7-13(19)9-14/h3-10H,1-2H3,(H,20,21)(H,22,23). The quantitative estimate of drug-likeness (QED) is 0.604. The van der Waals surface area contributed by atoms with Crippen molar-refractivity contribution in [2.24, 2.45) is 0 Å². The zero-order chi connectivity index (χ0) is 17.1. The molecule has 1 heterocycles. The first-order chi connectivity index (χ1) is 11.5. The second-order valence-electron chi connectivity index (χ2n) is 5.39. The SMILES string of the molecule is Cc1cccc(C)c1NC(=O)c1cnc(Nc2cccc(Br)c2)s1. The summed E-state index contributed by atoms with van der Waals surface area (Å²) in [5.41, 5.74) is 3.86. The lowest BCUT2D eigenvalue weighted by atomic mass is 10.1. The van der Waals surface area contributed by atoms with Gasteiger partial charge in [-0.15, -0.1) is 0 Å². The van der Waals surface area contributed by atoms with E-state index in [1.54, 1.807) is 6.20 Å². The highest BCUT2D eigenvalue weighted by molar-refractivity contribution is 9.10. The predicted molar refractivity (Wildman–Crippen MR) is 103 cm³/mol. The Hall–Kier alpha value is -2.18. The minimum Gasteiger partial charge on any atom is -0.331 e. The van der Waals surface area contributed by atoms with Gasteiger partial charge in [0.25, 0.3) is 5.91 Å². The maximum atomic E-state index is 12.5. The van der Waals surface area contributed by atoms with E-state index >= 15 is 0 Å². The third kappa shape index (κ3) is 3.83. The van der Waals surface area contributed by atoms with Crippen molar-refractivity contribution in [3.05, 3.63) is 69.1 Å². The summed E-state index contributed by atoms with van der Waals surface area (Å²) >= 11 is 4.76. The van der Waals surface area contributed by atoms with Crippen LogP contribution in [-0.2, 0) is 0 Å². The van der Waals surface area contributed by atoms with Crippen molar-refractivity contribution in [2.45, 2.75) is 13.8 Å². The molecule has 2 aromatic carbocycles. The van der Waals surface area contributed by atoms with Crippen LogP contribution >= 0.6 is 27.3 Å². The number of anilines is 3. The van der Waals surface area contributed by atoms with E-state index in [4.69, 9.17) is 0 Å². The summed E-state index contributed by atoms with van der Waals surface area (Å²) in [5, 5.41) is 6.86. The molecule has 2 N–H and O–H groups in total. The normalized spacial score (nSPS) is 10.5. The second-order valence-corrected chi connectivity index (χ2v) is 7.33. The van der Waals surface area contributed by atoms with Crippen LogP contribution in [0.5, 0.6) is 0 Å². The van der Waals surface area contributed by atoms with E-state index in [0.29, 0.717) is 10.0 Å². The minimum absolute atomic E-state index is 0.146. The van der Waals surface area contributed by atoms with Gasteiger partial charge in [0.2, 0.25) is 0 Å². The summed E-state index contributed by atoms with van der Waals surface area (Å²) in [4.78, 5) is 17.3. The summed E-state index contributed by atoms with van der Waals surface area (Å²) in [7, 11) is 0. The van der Waals surface area contributed by atoms with Crippen LogP contribution in [0.25, 0.3) is 0 Å². The van der Waals surface area contributed by atoms with Crippen LogP contribution in [0.4, 0.5) is 16.5 Å². The molecule has 0 bridgehead atoms. The van der Waals surface area contributed by atoms with E-state index in [1.807, 2.05) is 56.3 Å². The number of carbonyl (C=O) groups excluding carboxylic acids is 1. The number of nitrogens with zero attached hydrogens (tertiary/aromatic N) is 1. The number of para-hydroxylation sites is 1. The molecule has 0 atom stereocenters. The van der Waals surface area contributed by atoms with Crippen molar-refractivity contribution in [2.75, 3.05) is 10.6 Å². The van der Waals surface area contributed by atoms with Crippen LogP contribution in [0.1, 0.15) is 20.8 Å². The van der Waals surface area contributed by atoms with Gasteiger partial charge in [-0.1, -0.05) is 51.5 Å². The molecule has 3 rings (SSSR count). The summed E-state index contributed by atoms with van der Waals surface area (Å²) in [6.45, 7) is 3.96. The van der Waals surface area contributed by atoms with Crippen molar-refractivity contribution >= 4 is 49.7 Å². The Balaban J connectivity index is 1.74. The Labute approximate surface area is 153 Å². The van der Waals surface area contributed by atoms with Gasteiger partial charge in [0.05, 0.1) is 6.20 Å². The molecular formula is C18H16BrN3OS. The number of benzene rings is 2. The highest BCUT2D eigenvalue weighted by atomic mass is 79.9.